The first-order valence-electron chi connectivity index (χ1n) is 9.42. The highest BCUT2D eigenvalue weighted by atomic mass is 32.2. The molecule has 0 aromatic heterocycles. The molecule has 0 bridgehead atoms. The highest BCUT2D eigenvalue weighted by molar-refractivity contribution is 7.84. The lowest BCUT2D eigenvalue weighted by Crippen LogP contribution is -2.24. The van der Waals surface area contributed by atoms with Gasteiger partial charge in [0.05, 0.1) is 6.42 Å². The van der Waals surface area contributed by atoms with Gasteiger partial charge in [-0.1, -0.05) is 64.7 Å². The van der Waals surface area contributed by atoms with E-state index < -0.39 is 16.4 Å². The molecule has 1 unspecified atom stereocenters. The Bertz CT molecular complexity index is 321. The largest absolute Gasteiger partial charge is 0.460 e. The molecule has 0 aliphatic heterocycles. The van der Waals surface area contributed by atoms with Crippen LogP contribution in [0.4, 0.5) is 0 Å². The average molecular weight is 347 g/mol. The van der Waals surface area contributed by atoms with Crippen molar-refractivity contribution in [2.75, 3.05) is 11.5 Å². The fourth-order valence-corrected chi connectivity index (χ4v) is 3.57. The van der Waals surface area contributed by atoms with Gasteiger partial charge in [0.1, 0.15) is 5.60 Å². The summed E-state index contributed by atoms with van der Waals surface area (Å²) in [6, 6.07) is 0. The molecule has 0 saturated heterocycles. The van der Waals surface area contributed by atoms with Crippen molar-refractivity contribution in [2.24, 2.45) is 0 Å². The summed E-state index contributed by atoms with van der Waals surface area (Å²) in [6.45, 7) is 7.81. The van der Waals surface area contributed by atoms with Gasteiger partial charge in [0.2, 0.25) is 0 Å². The Hall–Kier alpha value is -0.380. The molecule has 0 amide bonds. The van der Waals surface area contributed by atoms with Crippen molar-refractivity contribution >= 4 is 16.8 Å². The highest BCUT2D eigenvalue weighted by Gasteiger charge is 2.16. The minimum Gasteiger partial charge on any atom is -0.460 e. The predicted octanol–water partition coefficient (Wildman–Crippen LogP) is 5.39. The first-order valence-corrected chi connectivity index (χ1v) is 10.9. The van der Waals surface area contributed by atoms with Gasteiger partial charge in [-0.2, -0.15) is 0 Å². The molecule has 4 heteroatoms. The van der Waals surface area contributed by atoms with Crippen molar-refractivity contribution in [1.29, 1.82) is 0 Å². The summed E-state index contributed by atoms with van der Waals surface area (Å²) >= 11 is 0. The molecule has 0 aliphatic carbocycles. The minimum atomic E-state index is -0.882. The fourth-order valence-electron chi connectivity index (χ4n) is 2.44. The van der Waals surface area contributed by atoms with Crippen LogP contribution >= 0.6 is 0 Å². The third-order valence-corrected chi connectivity index (χ3v) is 5.08. The van der Waals surface area contributed by atoms with Crippen LogP contribution in [0.2, 0.25) is 0 Å². The molecule has 0 heterocycles. The van der Waals surface area contributed by atoms with E-state index in [1.165, 1.54) is 51.4 Å². The third kappa shape index (κ3) is 17.8. The van der Waals surface area contributed by atoms with Gasteiger partial charge in [-0.15, -0.1) is 0 Å². The molecule has 0 aromatic carbocycles. The van der Waals surface area contributed by atoms with Gasteiger partial charge in [0.15, 0.2) is 0 Å². The number of hydrogen-bond acceptors (Lipinski definition) is 3. The number of carbonyl (C=O) groups is 1. The molecule has 3 nitrogen and oxygen atoms in total. The molecule has 0 saturated carbocycles. The summed E-state index contributed by atoms with van der Waals surface area (Å²) in [4.78, 5) is 11.5. The maximum absolute atomic E-state index is 11.9. The van der Waals surface area contributed by atoms with E-state index in [-0.39, 0.29) is 12.4 Å². The van der Waals surface area contributed by atoms with Crippen LogP contribution < -0.4 is 0 Å². The second-order valence-corrected chi connectivity index (χ2v) is 9.06. The standard InChI is InChI=1S/C19H38O3S/c1-5-6-7-8-9-10-11-12-13-14-16-23(21)17-15-18(20)22-19(2,3)4/h5-17H2,1-4H3. The number of hydrogen-bond donors (Lipinski definition) is 0. The van der Waals surface area contributed by atoms with E-state index in [9.17, 15) is 9.00 Å². The van der Waals surface area contributed by atoms with Crippen molar-refractivity contribution < 1.29 is 13.7 Å². The fraction of sp³-hybridized carbons (Fsp3) is 0.947. The molecule has 0 spiro atoms. The average Bonchev–Trinajstić information content (AvgIpc) is 2.45. The van der Waals surface area contributed by atoms with E-state index in [0.717, 1.165) is 18.6 Å². The van der Waals surface area contributed by atoms with Gasteiger partial charge < -0.3 is 4.74 Å². The van der Waals surface area contributed by atoms with Gasteiger partial charge in [-0.3, -0.25) is 9.00 Å². The van der Waals surface area contributed by atoms with Crippen molar-refractivity contribution in [3.8, 4) is 0 Å². The van der Waals surface area contributed by atoms with Gasteiger partial charge >= 0.3 is 5.97 Å². The van der Waals surface area contributed by atoms with E-state index >= 15 is 0 Å². The van der Waals surface area contributed by atoms with Crippen LogP contribution in [0.5, 0.6) is 0 Å². The van der Waals surface area contributed by atoms with Crippen LogP contribution in [0, 0.1) is 0 Å². The molecule has 0 aromatic rings. The summed E-state index contributed by atoms with van der Waals surface area (Å²) in [5.74, 6) is 0.917. The Morgan fingerprint density at radius 1 is 0.826 bits per heavy atom. The molecule has 0 radical (unpaired) electrons. The second-order valence-electron chi connectivity index (χ2n) is 7.37. The number of unbranched alkanes of at least 4 members (excludes halogenated alkanes) is 9. The molecule has 0 aliphatic rings. The maximum Gasteiger partial charge on any atom is 0.307 e. The SMILES string of the molecule is CCCCCCCCCCCCS(=O)CCC(=O)OC(C)(C)C. The van der Waals surface area contributed by atoms with Crippen LogP contribution in [0.15, 0.2) is 0 Å². The molecular weight excluding hydrogens is 308 g/mol. The predicted molar refractivity (Wildman–Crippen MR) is 100 cm³/mol. The Balaban J connectivity index is 3.39. The van der Waals surface area contributed by atoms with Crippen LogP contribution in [-0.2, 0) is 20.3 Å². The topological polar surface area (TPSA) is 43.4 Å². The minimum absolute atomic E-state index is 0.242. The Labute approximate surface area is 146 Å². The van der Waals surface area contributed by atoms with Gasteiger partial charge in [-0.25, -0.2) is 0 Å². The maximum atomic E-state index is 11.9. The smallest absolute Gasteiger partial charge is 0.307 e. The van der Waals surface area contributed by atoms with Crippen molar-refractivity contribution in [2.45, 2.75) is 104 Å². The monoisotopic (exact) mass is 346 g/mol. The van der Waals surface area contributed by atoms with Crippen LogP contribution in [0.25, 0.3) is 0 Å². The Kier molecular flexibility index (Phi) is 13.8. The number of carbonyl (C=O) groups excluding carboxylic acids is 1. The zero-order valence-electron chi connectivity index (χ0n) is 15.8. The molecule has 0 fully saturated rings. The molecule has 1 atom stereocenters. The van der Waals surface area contributed by atoms with Crippen LogP contribution in [-0.4, -0.2) is 27.3 Å². The second kappa shape index (κ2) is 14.0. The molecular formula is C19H38O3S. The van der Waals surface area contributed by atoms with Gasteiger partial charge in [-0.05, 0) is 27.2 Å². The van der Waals surface area contributed by atoms with Crippen molar-refractivity contribution in [1.82, 2.24) is 0 Å². The lowest BCUT2D eigenvalue weighted by molar-refractivity contribution is -0.154. The first-order chi connectivity index (χ1) is 10.8. The third-order valence-electron chi connectivity index (χ3n) is 3.68. The molecule has 138 valence electrons. The van der Waals surface area contributed by atoms with E-state index in [2.05, 4.69) is 6.92 Å². The quantitative estimate of drug-likeness (QED) is 0.313. The van der Waals surface area contributed by atoms with Gasteiger partial charge in [0, 0.05) is 22.3 Å². The lowest BCUT2D eigenvalue weighted by atomic mass is 10.1. The summed E-state index contributed by atoms with van der Waals surface area (Å²) < 4.78 is 17.1. The number of esters is 1. The number of rotatable bonds is 14. The lowest BCUT2D eigenvalue weighted by Gasteiger charge is -2.19. The van der Waals surface area contributed by atoms with Gasteiger partial charge in [0.25, 0.3) is 0 Å². The normalized spacial score (nSPS) is 13.0. The highest BCUT2D eigenvalue weighted by Crippen LogP contribution is 2.11. The summed E-state index contributed by atoms with van der Waals surface area (Å²) in [7, 11) is -0.882. The zero-order chi connectivity index (χ0) is 17.6. The molecule has 0 rings (SSSR count). The van der Waals surface area contributed by atoms with Crippen LogP contribution in [0.1, 0.15) is 98.3 Å². The molecule has 23 heavy (non-hydrogen) atoms. The zero-order valence-corrected chi connectivity index (χ0v) is 16.6. The Morgan fingerprint density at radius 3 is 1.78 bits per heavy atom. The van der Waals surface area contributed by atoms with E-state index in [0.29, 0.717) is 5.75 Å². The summed E-state index contributed by atoms with van der Waals surface area (Å²) in [6.07, 6.45) is 13.1. The van der Waals surface area contributed by atoms with Crippen LogP contribution in [0.3, 0.4) is 0 Å². The molecule has 0 N–H and O–H groups in total. The van der Waals surface area contributed by atoms with Crippen molar-refractivity contribution in [3.63, 3.8) is 0 Å². The van der Waals surface area contributed by atoms with E-state index in [4.69, 9.17) is 4.74 Å². The van der Waals surface area contributed by atoms with E-state index in [1.54, 1.807) is 0 Å². The summed E-state index contributed by atoms with van der Waals surface area (Å²) in [5.41, 5.74) is -0.449. The van der Waals surface area contributed by atoms with E-state index in [1.807, 2.05) is 20.8 Å². The Morgan fingerprint density at radius 2 is 1.30 bits per heavy atom. The number of ether oxygens (including phenoxy) is 1. The first kappa shape index (κ1) is 22.6. The van der Waals surface area contributed by atoms with Crippen molar-refractivity contribution in [3.05, 3.63) is 0 Å². The summed E-state index contributed by atoms with van der Waals surface area (Å²) in [5, 5.41) is 0.